The number of hydrogen-bond donors (Lipinski definition) is 3. The minimum Gasteiger partial charge on any atom is -0.396 e. The van der Waals surface area contributed by atoms with Gasteiger partial charge in [0.1, 0.15) is 0 Å². The topological polar surface area (TPSA) is 100 Å². The summed E-state index contributed by atoms with van der Waals surface area (Å²) in [5.41, 5.74) is 5.76. The van der Waals surface area contributed by atoms with Gasteiger partial charge in [0.25, 0.3) is 0 Å². The third-order valence-corrected chi connectivity index (χ3v) is 3.94. The third kappa shape index (κ3) is 2.70. The zero-order chi connectivity index (χ0) is 13.3. The smallest absolute Gasteiger partial charge is 0.231 e. The molecule has 1 aromatic rings. The lowest BCUT2D eigenvalue weighted by atomic mass is 10.1. The van der Waals surface area contributed by atoms with E-state index in [1.807, 2.05) is 0 Å². The van der Waals surface area contributed by atoms with Crippen molar-refractivity contribution < 1.29 is 5.11 Å². The lowest BCUT2D eigenvalue weighted by Crippen LogP contribution is -2.24. The van der Waals surface area contributed by atoms with Crippen LogP contribution in [0, 0.1) is 5.41 Å². The Morgan fingerprint density at radius 2 is 1.95 bits per heavy atom. The highest BCUT2D eigenvalue weighted by Gasteiger charge is 2.41. The van der Waals surface area contributed by atoms with E-state index in [9.17, 15) is 5.11 Å². The van der Waals surface area contributed by atoms with E-state index in [-0.39, 0.29) is 18.0 Å². The molecule has 1 aliphatic carbocycles. The van der Waals surface area contributed by atoms with Crippen molar-refractivity contribution in [1.29, 1.82) is 0 Å². The van der Waals surface area contributed by atoms with Gasteiger partial charge in [-0.1, -0.05) is 0 Å². The molecular weight excluding hydrogens is 244 g/mol. The minimum atomic E-state index is 0.0230. The van der Waals surface area contributed by atoms with E-state index in [4.69, 9.17) is 5.73 Å². The summed E-state index contributed by atoms with van der Waals surface area (Å²) in [7, 11) is 0. The Morgan fingerprint density at radius 1 is 1.21 bits per heavy atom. The van der Waals surface area contributed by atoms with Crippen molar-refractivity contribution in [3.05, 3.63) is 0 Å². The van der Waals surface area contributed by atoms with E-state index in [0.29, 0.717) is 18.4 Å². The average Bonchev–Trinajstić information content (AvgIpc) is 2.98. The van der Waals surface area contributed by atoms with Gasteiger partial charge in [0.2, 0.25) is 17.8 Å². The molecule has 2 fully saturated rings. The maximum absolute atomic E-state index is 9.29. The van der Waals surface area contributed by atoms with Crippen LogP contribution in [0.4, 0.5) is 17.8 Å². The predicted octanol–water partition coefficient (Wildman–Crippen LogP) is 0.238. The lowest BCUT2D eigenvalue weighted by Gasteiger charge is -2.17. The highest BCUT2D eigenvalue weighted by atomic mass is 16.3. The number of aliphatic hydroxyl groups is 1. The van der Waals surface area contributed by atoms with Crippen molar-refractivity contribution in [3.63, 3.8) is 0 Å². The Labute approximate surface area is 112 Å². The van der Waals surface area contributed by atoms with E-state index in [1.165, 1.54) is 12.8 Å². The molecule has 7 heteroatoms. The molecule has 0 spiro atoms. The largest absolute Gasteiger partial charge is 0.396 e. The number of nitrogens with zero attached hydrogens (tertiary/aromatic N) is 4. The van der Waals surface area contributed by atoms with Crippen LogP contribution in [0.1, 0.15) is 25.7 Å². The average molecular weight is 264 g/mol. The number of aromatic nitrogens is 3. The fourth-order valence-corrected chi connectivity index (χ4v) is 2.35. The van der Waals surface area contributed by atoms with Gasteiger partial charge in [0.05, 0.1) is 6.61 Å². The van der Waals surface area contributed by atoms with Crippen LogP contribution in [0.5, 0.6) is 0 Å². The molecule has 1 aromatic heterocycles. The first-order valence-electron chi connectivity index (χ1n) is 6.82. The minimum absolute atomic E-state index is 0.0230. The summed E-state index contributed by atoms with van der Waals surface area (Å²) < 4.78 is 0. The lowest BCUT2D eigenvalue weighted by molar-refractivity contribution is 0.219. The van der Waals surface area contributed by atoms with E-state index in [1.54, 1.807) is 0 Å². The van der Waals surface area contributed by atoms with Crippen LogP contribution in [-0.2, 0) is 0 Å². The molecule has 104 valence electrons. The maximum Gasteiger partial charge on any atom is 0.231 e. The monoisotopic (exact) mass is 264 g/mol. The molecule has 1 saturated heterocycles. The van der Waals surface area contributed by atoms with Gasteiger partial charge in [-0.25, -0.2) is 0 Å². The normalized spacial score (nSPS) is 20.6. The van der Waals surface area contributed by atoms with Gasteiger partial charge in [-0.2, -0.15) is 15.0 Å². The Balaban J connectivity index is 1.70. The number of nitrogens with two attached hydrogens (primary N) is 1. The molecule has 0 aromatic carbocycles. The van der Waals surface area contributed by atoms with Crippen LogP contribution in [0.15, 0.2) is 0 Å². The van der Waals surface area contributed by atoms with Gasteiger partial charge in [-0.3, -0.25) is 0 Å². The molecule has 19 heavy (non-hydrogen) atoms. The molecular formula is C12H20N6O. The molecule has 0 atom stereocenters. The summed E-state index contributed by atoms with van der Waals surface area (Å²) in [6.07, 6.45) is 4.44. The highest BCUT2D eigenvalue weighted by Crippen LogP contribution is 2.44. The second kappa shape index (κ2) is 4.80. The standard InChI is InChI=1S/C12H20N6O/c13-9-15-10(14-7-12(8-19)3-4-12)17-11(16-9)18-5-1-2-6-18/h19H,1-8H2,(H3,13,14,15,16,17). The van der Waals surface area contributed by atoms with Crippen molar-refractivity contribution in [2.24, 2.45) is 5.41 Å². The van der Waals surface area contributed by atoms with Crippen LogP contribution in [0.25, 0.3) is 0 Å². The number of anilines is 3. The van der Waals surface area contributed by atoms with E-state index >= 15 is 0 Å². The van der Waals surface area contributed by atoms with Crippen LogP contribution in [0.3, 0.4) is 0 Å². The Morgan fingerprint density at radius 3 is 2.58 bits per heavy atom. The molecule has 7 nitrogen and oxygen atoms in total. The van der Waals surface area contributed by atoms with Gasteiger partial charge in [0, 0.05) is 25.0 Å². The Bertz CT molecular complexity index is 456. The molecule has 3 rings (SSSR count). The van der Waals surface area contributed by atoms with Crippen LogP contribution in [-0.4, -0.2) is 46.3 Å². The molecule has 1 aliphatic heterocycles. The number of hydrogen-bond acceptors (Lipinski definition) is 7. The van der Waals surface area contributed by atoms with E-state index in [2.05, 4.69) is 25.2 Å². The molecule has 0 amide bonds. The number of rotatable bonds is 5. The quantitative estimate of drug-likeness (QED) is 0.700. The van der Waals surface area contributed by atoms with Crippen LogP contribution in [0.2, 0.25) is 0 Å². The van der Waals surface area contributed by atoms with Crippen LogP contribution < -0.4 is 16.0 Å². The van der Waals surface area contributed by atoms with Gasteiger partial charge in [-0.05, 0) is 25.7 Å². The summed E-state index contributed by atoms with van der Waals surface area (Å²) in [4.78, 5) is 14.8. The second-order valence-corrected chi connectivity index (χ2v) is 5.52. The van der Waals surface area contributed by atoms with Crippen molar-refractivity contribution >= 4 is 17.8 Å². The highest BCUT2D eigenvalue weighted by molar-refractivity contribution is 5.42. The van der Waals surface area contributed by atoms with Crippen molar-refractivity contribution in [1.82, 2.24) is 15.0 Å². The fraction of sp³-hybridized carbons (Fsp3) is 0.750. The fourth-order valence-electron chi connectivity index (χ4n) is 2.35. The molecule has 0 bridgehead atoms. The number of aliphatic hydroxyl groups excluding tert-OH is 1. The second-order valence-electron chi connectivity index (χ2n) is 5.52. The molecule has 1 saturated carbocycles. The van der Waals surface area contributed by atoms with Gasteiger partial charge in [-0.15, -0.1) is 0 Å². The summed E-state index contributed by atoms with van der Waals surface area (Å²) in [5.74, 6) is 1.41. The first-order valence-corrected chi connectivity index (χ1v) is 6.82. The van der Waals surface area contributed by atoms with Gasteiger partial charge in [0.15, 0.2) is 0 Å². The van der Waals surface area contributed by atoms with Crippen molar-refractivity contribution in [3.8, 4) is 0 Å². The van der Waals surface area contributed by atoms with Crippen molar-refractivity contribution in [2.75, 3.05) is 42.2 Å². The van der Waals surface area contributed by atoms with E-state index in [0.717, 1.165) is 25.9 Å². The van der Waals surface area contributed by atoms with E-state index < -0.39 is 0 Å². The Hall–Kier alpha value is -1.63. The first-order chi connectivity index (χ1) is 9.21. The van der Waals surface area contributed by atoms with Crippen LogP contribution >= 0.6 is 0 Å². The molecule has 2 aliphatic rings. The molecule has 0 radical (unpaired) electrons. The predicted molar refractivity (Wildman–Crippen MR) is 72.9 cm³/mol. The first kappa shape index (κ1) is 12.4. The Kier molecular flexibility index (Phi) is 3.14. The molecule has 4 N–H and O–H groups in total. The summed E-state index contributed by atoms with van der Waals surface area (Å²) in [6.45, 7) is 2.85. The third-order valence-electron chi connectivity index (χ3n) is 3.94. The zero-order valence-corrected chi connectivity index (χ0v) is 11.0. The molecule has 0 unspecified atom stereocenters. The zero-order valence-electron chi connectivity index (χ0n) is 11.0. The maximum atomic E-state index is 9.29. The molecule has 2 heterocycles. The van der Waals surface area contributed by atoms with Gasteiger partial charge >= 0.3 is 0 Å². The number of nitrogens with one attached hydrogen (secondary N) is 1. The summed E-state index contributed by atoms with van der Waals surface area (Å²) in [5, 5.41) is 12.5. The number of nitrogen functional groups attached to an aromatic ring is 1. The SMILES string of the molecule is Nc1nc(NCC2(CO)CC2)nc(N2CCCC2)n1. The van der Waals surface area contributed by atoms with Crippen molar-refractivity contribution in [2.45, 2.75) is 25.7 Å². The van der Waals surface area contributed by atoms with Gasteiger partial charge < -0.3 is 21.1 Å². The summed E-state index contributed by atoms with van der Waals surface area (Å²) >= 11 is 0. The summed E-state index contributed by atoms with van der Waals surface area (Å²) in [6, 6.07) is 0.